The molecule has 0 saturated carbocycles. The van der Waals surface area contributed by atoms with Gasteiger partial charge in [-0.25, -0.2) is 0 Å². The van der Waals surface area contributed by atoms with Crippen molar-refractivity contribution in [3.8, 4) is 0 Å². The molecule has 4 atom stereocenters. The van der Waals surface area contributed by atoms with Crippen molar-refractivity contribution in [2.75, 3.05) is 65.7 Å². The molecule has 1 saturated heterocycles. The Morgan fingerprint density at radius 2 is 0.913 bits per heavy atom. The number of nitrogens with one attached hydrogen (secondary N) is 5. The van der Waals surface area contributed by atoms with Crippen molar-refractivity contribution < 1.29 is 20.4 Å². The van der Waals surface area contributed by atoms with Crippen LogP contribution in [-0.4, -0.2) is 110 Å². The number of rotatable bonds is 4. The standard InChI is InChI=1S/C14H33N5O4/c20-7-11-3-15-1-2-16-12(8-21)4-18-14(10-23)6-19-13(9-22)5-17-11/h11-23H,1-10H2/t11-,12?,13?,14?/m0/s1. The topological polar surface area (TPSA) is 141 Å². The summed E-state index contributed by atoms with van der Waals surface area (Å²) in [6.07, 6.45) is 0. The monoisotopic (exact) mass is 335 g/mol. The minimum Gasteiger partial charge on any atom is -0.395 e. The van der Waals surface area contributed by atoms with E-state index in [0.717, 1.165) is 6.54 Å². The van der Waals surface area contributed by atoms with Crippen LogP contribution < -0.4 is 26.6 Å². The Balaban J connectivity index is 2.58. The molecular weight excluding hydrogens is 302 g/mol. The van der Waals surface area contributed by atoms with E-state index >= 15 is 0 Å². The van der Waals surface area contributed by atoms with Gasteiger partial charge in [-0.2, -0.15) is 0 Å². The Morgan fingerprint density at radius 1 is 0.522 bits per heavy atom. The van der Waals surface area contributed by atoms with E-state index in [4.69, 9.17) is 0 Å². The average Bonchev–Trinajstić information content (AvgIpc) is 2.59. The minimum atomic E-state index is -0.156. The average molecular weight is 335 g/mol. The second-order valence-electron chi connectivity index (χ2n) is 5.90. The van der Waals surface area contributed by atoms with Crippen LogP contribution >= 0.6 is 0 Å². The fourth-order valence-electron chi connectivity index (χ4n) is 2.37. The van der Waals surface area contributed by atoms with E-state index in [1.54, 1.807) is 0 Å². The highest BCUT2D eigenvalue weighted by Gasteiger charge is 2.16. The summed E-state index contributed by atoms with van der Waals surface area (Å²) in [4.78, 5) is 0. The van der Waals surface area contributed by atoms with Gasteiger partial charge < -0.3 is 47.0 Å². The molecule has 0 amide bonds. The molecule has 1 fully saturated rings. The lowest BCUT2D eigenvalue weighted by atomic mass is 10.2. The molecule has 9 heteroatoms. The van der Waals surface area contributed by atoms with Crippen molar-refractivity contribution in [1.29, 1.82) is 0 Å². The van der Waals surface area contributed by atoms with Gasteiger partial charge in [0.2, 0.25) is 0 Å². The Morgan fingerprint density at radius 3 is 1.35 bits per heavy atom. The zero-order chi connectivity index (χ0) is 16.9. The highest BCUT2D eigenvalue weighted by molar-refractivity contribution is 4.80. The first-order chi connectivity index (χ1) is 11.2. The third-order valence-corrected chi connectivity index (χ3v) is 3.97. The predicted octanol–water partition coefficient (Wildman–Crippen LogP) is -4.61. The SMILES string of the molecule is OCC1CNC(CO)CNC(CO)CN[C@H](CO)CNCCN1. The van der Waals surface area contributed by atoms with Crippen LogP contribution in [0.5, 0.6) is 0 Å². The lowest BCUT2D eigenvalue weighted by molar-refractivity contribution is 0.193. The van der Waals surface area contributed by atoms with E-state index in [2.05, 4.69) is 26.6 Å². The molecule has 9 nitrogen and oxygen atoms in total. The summed E-state index contributed by atoms with van der Waals surface area (Å²) in [5.41, 5.74) is 0. The van der Waals surface area contributed by atoms with Gasteiger partial charge in [-0.05, 0) is 0 Å². The fraction of sp³-hybridized carbons (Fsp3) is 1.00. The summed E-state index contributed by atoms with van der Waals surface area (Å²) in [5, 5.41) is 53.7. The van der Waals surface area contributed by atoms with Crippen molar-refractivity contribution >= 4 is 0 Å². The van der Waals surface area contributed by atoms with Gasteiger partial charge in [0.1, 0.15) is 0 Å². The van der Waals surface area contributed by atoms with Gasteiger partial charge >= 0.3 is 0 Å². The number of aliphatic hydroxyl groups excluding tert-OH is 4. The molecule has 138 valence electrons. The van der Waals surface area contributed by atoms with E-state index in [-0.39, 0.29) is 50.6 Å². The molecule has 1 aliphatic rings. The zero-order valence-electron chi connectivity index (χ0n) is 13.7. The maximum Gasteiger partial charge on any atom is 0.0597 e. The number of hydrogen-bond donors (Lipinski definition) is 9. The fourth-order valence-corrected chi connectivity index (χ4v) is 2.37. The number of hydrogen-bond acceptors (Lipinski definition) is 9. The van der Waals surface area contributed by atoms with Crippen LogP contribution in [-0.2, 0) is 0 Å². The summed E-state index contributed by atoms with van der Waals surface area (Å²) in [7, 11) is 0. The van der Waals surface area contributed by atoms with Crippen LogP contribution in [0.1, 0.15) is 0 Å². The predicted molar refractivity (Wildman–Crippen MR) is 88.4 cm³/mol. The van der Waals surface area contributed by atoms with Crippen LogP contribution in [0.2, 0.25) is 0 Å². The van der Waals surface area contributed by atoms with Gasteiger partial charge in [-0.15, -0.1) is 0 Å². The van der Waals surface area contributed by atoms with Crippen LogP contribution in [0, 0.1) is 0 Å². The van der Waals surface area contributed by atoms with Crippen LogP contribution in [0.15, 0.2) is 0 Å². The van der Waals surface area contributed by atoms with Crippen LogP contribution in [0.3, 0.4) is 0 Å². The molecule has 0 spiro atoms. The maximum atomic E-state index is 9.43. The van der Waals surface area contributed by atoms with Crippen molar-refractivity contribution in [2.24, 2.45) is 0 Å². The summed E-state index contributed by atoms with van der Waals surface area (Å²) < 4.78 is 0. The molecular formula is C14H33N5O4. The van der Waals surface area contributed by atoms with Gasteiger partial charge in [-0.1, -0.05) is 0 Å². The van der Waals surface area contributed by atoms with E-state index in [0.29, 0.717) is 32.7 Å². The molecule has 0 radical (unpaired) electrons. The largest absolute Gasteiger partial charge is 0.395 e. The maximum absolute atomic E-state index is 9.43. The van der Waals surface area contributed by atoms with Crippen molar-refractivity contribution in [1.82, 2.24) is 26.6 Å². The van der Waals surface area contributed by atoms with E-state index in [1.165, 1.54) is 0 Å². The van der Waals surface area contributed by atoms with Crippen LogP contribution in [0.25, 0.3) is 0 Å². The van der Waals surface area contributed by atoms with Crippen molar-refractivity contribution in [3.63, 3.8) is 0 Å². The van der Waals surface area contributed by atoms with Gasteiger partial charge in [0, 0.05) is 63.4 Å². The highest BCUT2D eigenvalue weighted by atomic mass is 16.3. The molecule has 9 N–H and O–H groups in total. The summed E-state index contributed by atoms with van der Waals surface area (Å²) >= 11 is 0. The summed E-state index contributed by atoms with van der Waals surface area (Å²) in [5.74, 6) is 0. The lowest BCUT2D eigenvalue weighted by Gasteiger charge is -2.24. The molecule has 1 rings (SSSR count). The number of aliphatic hydroxyl groups is 4. The molecule has 0 aromatic carbocycles. The van der Waals surface area contributed by atoms with Gasteiger partial charge in [-0.3, -0.25) is 0 Å². The summed E-state index contributed by atoms with van der Waals surface area (Å²) in [6, 6.07) is -0.485. The lowest BCUT2D eigenvalue weighted by Crippen LogP contribution is -2.53. The molecule has 1 heterocycles. The van der Waals surface area contributed by atoms with E-state index < -0.39 is 0 Å². The van der Waals surface area contributed by atoms with E-state index in [1.807, 2.05) is 0 Å². The zero-order valence-corrected chi connectivity index (χ0v) is 13.7. The van der Waals surface area contributed by atoms with Crippen molar-refractivity contribution in [2.45, 2.75) is 24.2 Å². The Labute approximate surface area is 137 Å². The smallest absolute Gasteiger partial charge is 0.0597 e. The summed E-state index contributed by atoms with van der Waals surface area (Å²) in [6.45, 7) is 3.59. The second-order valence-corrected chi connectivity index (χ2v) is 5.90. The first-order valence-electron chi connectivity index (χ1n) is 8.31. The molecule has 3 unspecified atom stereocenters. The Hall–Kier alpha value is -0.360. The Kier molecular flexibility index (Phi) is 11.7. The minimum absolute atomic E-state index is 0.0126. The van der Waals surface area contributed by atoms with Crippen molar-refractivity contribution in [3.05, 3.63) is 0 Å². The third kappa shape index (κ3) is 8.89. The molecule has 0 bridgehead atoms. The van der Waals surface area contributed by atoms with Gasteiger partial charge in [0.15, 0.2) is 0 Å². The Bertz CT molecular complexity index is 262. The third-order valence-electron chi connectivity index (χ3n) is 3.97. The van der Waals surface area contributed by atoms with Gasteiger partial charge in [0.25, 0.3) is 0 Å². The van der Waals surface area contributed by atoms with Crippen LogP contribution in [0.4, 0.5) is 0 Å². The molecule has 0 aromatic heterocycles. The quantitative estimate of drug-likeness (QED) is 0.248. The molecule has 23 heavy (non-hydrogen) atoms. The molecule has 0 aromatic rings. The normalized spacial score (nSPS) is 32.9. The molecule has 1 aliphatic heterocycles. The highest BCUT2D eigenvalue weighted by Crippen LogP contribution is 1.89. The molecule has 0 aliphatic carbocycles. The van der Waals surface area contributed by atoms with Gasteiger partial charge in [0.05, 0.1) is 26.4 Å². The second kappa shape index (κ2) is 13.0. The van der Waals surface area contributed by atoms with E-state index in [9.17, 15) is 20.4 Å². The first kappa shape index (κ1) is 20.7. The first-order valence-corrected chi connectivity index (χ1v) is 8.31.